The maximum absolute atomic E-state index is 12.5. The standard InChI is InChI=1S/C22H25ClN2O4/c1-4-25(15-21(26)24-14-16-5-8-18(23)9-6-16)22(27)12-7-17-13-19(28-2)10-11-20(17)29-3/h5-13H,4,14-15H2,1-3H3,(H,24,26). The summed E-state index contributed by atoms with van der Waals surface area (Å²) in [5.74, 6) is 0.784. The SMILES string of the molecule is CCN(CC(=O)NCc1ccc(Cl)cc1)C(=O)C=Cc1cc(OC)ccc1OC. The van der Waals surface area contributed by atoms with E-state index in [1.807, 2.05) is 19.1 Å². The van der Waals surface area contributed by atoms with Gasteiger partial charge in [0.1, 0.15) is 11.5 Å². The first-order valence-corrected chi connectivity index (χ1v) is 9.54. The predicted octanol–water partition coefficient (Wildman–Crippen LogP) is 3.54. The molecule has 2 amide bonds. The van der Waals surface area contributed by atoms with Crippen LogP contribution in [0, 0.1) is 0 Å². The molecule has 154 valence electrons. The zero-order chi connectivity index (χ0) is 21.2. The van der Waals surface area contributed by atoms with Gasteiger partial charge in [-0.1, -0.05) is 23.7 Å². The van der Waals surface area contributed by atoms with E-state index in [1.165, 1.54) is 11.0 Å². The molecule has 0 aromatic heterocycles. The Labute approximate surface area is 176 Å². The normalized spacial score (nSPS) is 10.6. The molecule has 0 aliphatic carbocycles. The molecule has 6 nitrogen and oxygen atoms in total. The van der Waals surface area contributed by atoms with Crippen LogP contribution >= 0.6 is 11.6 Å². The van der Waals surface area contributed by atoms with Crippen molar-refractivity contribution in [2.45, 2.75) is 13.5 Å². The third-order valence-corrected chi connectivity index (χ3v) is 4.53. The zero-order valence-electron chi connectivity index (χ0n) is 16.8. The molecule has 2 aromatic carbocycles. The molecule has 0 unspecified atom stereocenters. The van der Waals surface area contributed by atoms with Crippen LogP contribution in [0.4, 0.5) is 0 Å². The second-order valence-corrected chi connectivity index (χ2v) is 6.63. The molecule has 0 radical (unpaired) electrons. The highest BCUT2D eigenvalue weighted by atomic mass is 35.5. The molecule has 0 saturated heterocycles. The highest BCUT2D eigenvalue weighted by Gasteiger charge is 2.13. The quantitative estimate of drug-likeness (QED) is 0.635. The van der Waals surface area contributed by atoms with Crippen LogP contribution in [0.3, 0.4) is 0 Å². The highest BCUT2D eigenvalue weighted by molar-refractivity contribution is 6.30. The zero-order valence-corrected chi connectivity index (χ0v) is 17.5. The largest absolute Gasteiger partial charge is 0.497 e. The number of ether oxygens (including phenoxy) is 2. The van der Waals surface area contributed by atoms with Crippen molar-refractivity contribution >= 4 is 29.5 Å². The van der Waals surface area contributed by atoms with Gasteiger partial charge >= 0.3 is 0 Å². The van der Waals surface area contributed by atoms with E-state index in [1.54, 1.807) is 50.6 Å². The van der Waals surface area contributed by atoms with E-state index < -0.39 is 0 Å². The van der Waals surface area contributed by atoms with Crippen LogP contribution in [-0.2, 0) is 16.1 Å². The first kappa shape index (κ1) is 22.3. The van der Waals surface area contributed by atoms with Gasteiger partial charge in [-0.15, -0.1) is 0 Å². The number of carbonyl (C=O) groups excluding carboxylic acids is 2. The van der Waals surface area contributed by atoms with Crippen LogP contribution in [-0.4, -0.2) is 44.0 Å². The summed E-state index contributed by atoms with van der Waals surface area (Å²) in [6.45, 7) is 2.58. The molecule has 0 spiro atoms. The lowest BCUT2D eigenvalue weighted by molar-refractivity contribution is -0.132. The van der Waals surface area contributed by atoms with E-state index in [4.69, 9.17) is 21.1 Å². The molecule has 1 N–H and O–H groups in total. The van der Waals surface area contributed by atoms with Crippen LogP contribution in [0.15, 0.2) is 48.5 Å². The van der Waals surface area contributed by atoms with Crippen molar-refractivity contribution in [1.29, 1.82) is 0 Å². The van der Waals surface area contributed by atoms with Gasteiger partial charge in [-0.2, -0.15) is 0 Å². The van der Waals surface area contributed by atoms with E-state index in [0.29, 0.717) is 35.2 Å². The summed E-state index contributed by atoms with van der Waals surface area (Å²) in [4.78, 5) is 26.2. The van der Waals surface area contributed by atoms with Crippen LogP contribution in [0.5, 0.6) is 11.5 Å². The molecule has 0 bridgehead atoms. The Hall–Kier alpha value is -2.99. The van der Waals surface area contributed by atoms with Crippen molar-refractivity contribution in [3.63, 3.8) is 0 Å². The van der Waals surface area contributed by atoms with Gasteiger partial charge in [-0.3, -0.25) is 9.59 Å². The number of methoxy groups -OCH3 is 2. The molecule has 0 fully saturated rings. The Morgan fingerprint density at radius 2 is 1.83 bits per heavy atom. The molecule has 0 saturated carbocycles. The molecule has 0 atom stereocenters. The second kappa shape index (κ2) is 11.1. The van der Waals surface area contributed by atoms with E-state index in [0.717, 1.165) is 5.56 Å². The average Bonchev–Trinajstić information content (AvgIpc) is 2.75. The lowest BCUT2D eigenvalue weighted by Gasteiger charge is -2.18. The predicted molar refractivity (Wildman–Crippen MR) is 114 cm³/mol. The van der Waals surface area contributed by atoms with Crippen molar-refractivity contribution in [1.82, 2.24) is 10.2 Å². The fourth-order valence-corrected chi connectivity index (χ4v) is 2.74. The van der Waals surface area contributed by atoms with Crippen LogP contribution in [0.1, 0.15) is 18.1 Å². The number of carbonyl (C=O) groups is 2. The first-order valence-electron chi connectivity index (χ1n) is 9.17. The molecule has 0 heterocycles. The summed E-state index contributed by atoms with van der Waals surface area (Å²) in [6, 6.07) is 12.5. The Bertz CT molecular complexity index is 866. The molecule has 0 aliphatic heterocycles. The van der Waals surface area contributed by atoms with Gasteiger partial charge in [0, 0.05) is 29.8 Å². The molecule has 7 heteroatoms. The van der Waals surface area contributed by atoms with Crippen molar-refractivity contribution in [2.24, 2.45) is 0 Å². The molecule has 0 aliphatic rings. The van der Waals surface area contributed by atoms with E-state index >= 15 is 0 Å². The topological polar surface area (TPSA) is 67.9 Å². The Kier molecular flexibility index (Phi) is 8.55. The third kappa shape index (κ3) is 6.84. The van der Waals surface area contributed by atoms with Gasteiger partial charge in [0.05, 0.1) is 20.8 Å². The first-order chi connectivity index (χ1) is 14.0. The third-order valence-electron chi connectivity index (χ3n) is 4.27. The van der Waals surface area contributed by atoms with Crippen LogP contribution < -0.4 is 14.8 Å². The van der Waals surface area contributed by atoms with Gasteiger partial charge in [0.15, 0.2) is 0 Å². The maximum atomic E-state index is 12.5. The minimum Gasteiger partial charge on any atom is -0.497 e. The summed E-state index contributed by atoms with van der Waals surface area (Å²) in [5.41, 5.74) is 1.64. The number of hydrogen-bond acceptors (Lipinski definition) is 4. The minimum absolute atomic E-state index is 0.0253. The van der Waals surface area contributed by atoms with Gasteiger partial charge in [0.25, 0.3) is 0 Å². The minimum atomic E-state index is -0.265. The Morgan fingerprint density at radius 3 is 2.45 bits per heavy atom. The number of amides is 2. The number of halogens is 1. The summed E-state index contributed by atoms with van der Waals surface area (Å²) in [7, 11) is 3.13. The number of rotatable bonds is 9. The van der Waals surface area contributed by atoms with Crippen LogP contribution in [0.25, 0.3) is 6.08 Å². The van der Waals surface area contributed by atoms with Gasteiger partial charge in [-0.05, 0) is 48.9 Å². The fraction of sp³-hybridized carbons (Fsp3) is 0.273. The van der Waals surface area contributed by atoms with Gasteiger partial charge in [0.2, 0.25) is 11.8 Å². The number of benzene rings is 2. The van der Waals surface area contributed by atoms with Crippen molar-refractivity contribution < 1.29 is 19.1 Å². The fourth-order valence-electron chi connectivity index (χ4n) is 2.61. The number of nitrogens with zero attached hydrogens (tertiary/aromatic N) is 1. The molecular weight excluding hydrogens is 392 g/mol. The monoisotopic (exact) mass is 416 g/mol. The Balaban J connectivity index is 1.96. The van der Waals surface area contributed by atoms with Gasteiger partial charge in [-0.25, -0.2) is 0 Å². The smallest absolute Gasteiger partial charge is 0.247 e. The molecular formula is C22H25ClN2O4. The molecule has 29 heavy (non-hydrogen) atoms. The van der Waals surface area contributed by atoms with Gasteiger partial charge < -0.3 is 19.7 Å². The van der Waals surface area contributed by atoms with Crippen molar-refractivity contribution in [2.75, 3.05) is 27.3 Å². The number of likely N-dealkylation sites (N-methyl/N-ethyl adjacent to an activating group) is 1. The maximum Gasteiger partial charge on any atom is 0.247 e. The lowest BCUT2D eigenvalue weighted by atomic mass is 10.1. The van der Waals surface area contributed by atoms with Crippen LogP contribution in [0.2, 0.25) is 5.02 Å². The van der Waals surface area contributed by atoms with Crippen molar-refractivity contribution in [3.8, 4) is 11.5 Å². The Morgan fingerprint density at radius 1 is 1.10 bits per heavy atom. The van der Waals surface area contributed by atoms with E-state index in [2.05, 4.69) is 5.32 Å². The summed E-state index contributed by atoms with van der Waals surface area (Å²) in [5, 5.41) is 3.45. The lowest BCUT2D eigenvalue weighted by Crippen LogP contribution is -2.39. The number of nitrogens with one attached hydrogen (secondary N) is 1. The van der Waals surface area contributed by atoms with E-state index in [-0.39, 0.29) is 18.4 Å². The molecule has 2 aromatic rings. The summed E-state index contributed by atoms with van der Waals surface area (Å²) < 4.78 is 10.5. The summed E-state index contributed by atoms with van der Waals surface area (Å²) in [6.07, 6.45) is 3.07. The molecule has 2 rings (SSSR count). The van der Waals surface area contributed by atoms with Crippen molar-refractivity contribution in [3.05, 3.63) is 64.7 Å². The highest BCUT2D eigenvalue weighted by Crippen LogP contribution is 2.25. The van der Waals surface area contributed by atoms with E-state index in [9.17, 15) is 9.59 Å². The average molecular weight is 417 g/mol. The second-order valence-electron chi connectivity index (χ2n) is 6.20. The summed E-state index contributed by atoms with van der Waals surface area (Å²) >= 11 is 5.85. The number of hydrogen-bond donors (Lipinski definition) is 1.